The van der Waals surface area contributed by atoms with Crippen LogP contribution in [0.1, 0.15) is 57.8 Å². The molecule has 2 saturated heterocycles. The molecule has 0 spiro atoms. The SMILES string of the molecule is COC1CCC(C2CNC(NC3CCCC(C(=O)N(C)C4CCS(=O)(=O)C4)C3)NC2)CC1. The van der Waals surface area contributed by atoms with Crippen molar-refractivity contribution in [2.24, 2.45) is 17.8 Å². The number of ether oxygens (including phenoxy) is 1. The number of carbonyl (C=O) groups is 1. The lowest BCUT2D eigenvalue weighted by molar-refractivity contribution is -0.137. The number of carbonyl (C=O) groups excluding carboxylic acids is 1. The number of nitrogens with one attached hydrogen (secondary N) is 3. The molecule has 2 aliphatic heterocycles. The lowest BCUT2D eigenvalue weighted by Gasteiger charge is -2.41. The van der Waals surface area contributed by atoms with Crippen molar-refractivity contribution < 1.29 is 17.9 Å². The van der Waals surface area contributed by atoms with Gasteiger partial charge >= 0.3 is 0 Å². The molecule has 3 atom stereocenters. The van der Waals surface area contributed by atoms with Crippen LogP contribution in [0.25, 0.3) is 0 Å². The molecule has 3 unspecified atom stereocenters. The Hall–Kier alpha value is -0.740. The zero-order valence-electron chi connectivity index (χ0n) is 19.7. The number of nitrogens with zero attached hydrogens (tertiary/aromatic N) is 1. The van der Waals surface area contributed by atoms with Crippen LogP contribution in [0.3, 0.4) is 0 Å². The number of hydrogen-bond donors (Lipinski definition) is 3. The fourth-order valence-electron chi connectivity index (χ4n) is 6.28. The summed E-state index contributed by atoms with van der Waals surface area (Å²) in [7, 11) is 0.631. The maximum atomic E-state index is 13.1. The van der Waals surface area contributed by atoms with Crippen LogP contribution in [0.15, 0.2) is 0 Å². The molecule has 4 aliphatic rings. The van der Waals surface area contributed by atoms with Crippen LogP contribution >= 0.6 is 0 Å². The van der Waals surface area contributed by atoms with E-state index in [1.807, 2.05) is 7.11 Å². The van der Waals surface area contributed by atoms with E-state index in [1.54, 1.807) is 11.9 Å². The van der Waals surface area contributed by atoms with Gasteiger partial charge in [0.2, 0.25) is 5.91 Å². The fourth-order valence-corrected chi connectivity index (χ4v) is 8.05. The highest BCUT2D eigenvalue weighted by Crippen LogP contribution is 2.32. The van der Waals surface area contributed by atoms with Gasteiger partial charge in [-0.25, -0.2) is 8.42 Å². The molecular formula is C23H42N4O4S. The zero-order valence-corrected chi connectivity index (χ0v) is 20.5. The Balaban J connectivity index is 1.20. The first-order chi connectivity index (χ1) is 15.3. The third kappa shape index (κ3) is 6.03. The van der Waals surface area contributed by atoms with Gasteiger partial charge in [0.15, 0.2) is 9.84 Å². The molecule has 0 aromatic heterocycles. The molecule has 0 aromatic rings. The Kier molecular flexibility index (Phi) is 8.14. The van der Waals surface area contributed by atoms with Crippen molar-refractivity contribution in [2.75, 3.05) is 38.8 Å². The largest absolute Gasteiger partial charge is 0.381 e. The van der Waals surface area contributed by atoms with E-state index in [0.717, 1.165) is 44.7 Å². The number of methoxy groups -OCH3 is 1. The summed E-state index contributed by atoms with van der Waals surface area (Å²) < 4.78 is 29.1. The van der Waals surface area contributed by atoms with Crippen molar-refractivity contribution in [3.05, 3.63) is 0 Å². The summed E-state index contributed by atoms with van der Waals surface area (Å²) >= 11 is 0. The summed E-state index contributed by atoms with van der Waals surface area (Å²) in [6.45, 7) is 2.06. The predicted octanol–water partition coefficient (Wildman–Crippen LogP) is 1.08. The lowest BCUT2D eigenvalue weighted by atomic mass is 9.78. The van der Waals surface area contributed by atoms with Gasteiger partial charge in [-0.2, -0.15) is 0 Å². The number of hydrogen-bond acceptors (Lipinski definition) is 7. The smallest absolute Gasteiger partial charge is 0.225 e. The van der Waals surface area contributed by atoms with Gasteiger partial charge in [0.25, 0.3) is 0 Å². The van der Waals surface area contributed by atoms with Crippen LogP contribution in [0.2, 0.25) is 0 Å². The Morgan fingerprint density at radius 1 is 1.00 bits per heavy atom. The van der Waals surface area contributed by atoms with E-state index in [-0.39, 0.29) is 35.7 Å². The van der Waals surface area contributed by atoms with Gasteiger partial charge in [0, 0.05) is 45.2 Å². The third-order valence-electron chi connectivity index (χ3n) is 8.42. The lowest BCUT2D eigenvalue weighted by Crippen LogP contribution is -2.63. The van der Waals surface area contributed by atoms with Crippen LogP contribution in [0, 0.1) is 17.8 Å². The van der Waals surface area contributed by atoms with Gasteiger partial charge in [0.1, 0.15) is 6.29 Å². The minimum absolute atomic E-state index is 0.0122. The van der Waals surface area contributed by atoms with Gasteiger partial charge < -0.3 is 9.64 Å². The number of rotatable bonds is 6. The highest BCUT2D eigenvalue weighted by Gasteiger charge is 2.37. The van der Waals surface area contributed by atoms with Crippen LogP contribution < -0.4 is 16.0 Å². The van der Waals surface area contributed by atoms with E-state index in [1.165, 1.54) is 25.7 Å². The van der Waals surface area contributed by atoms with Gasteiger partial charge in [-0.15, -0.1) is 0 Å². The second-order valence-electron chi connectivity index (χ2n) is 10.5. The summed E-state index contributed by atoms with van der Waals surface area (Å²) in [6, 6.07) is 0.149. The van der Waals surface area contributed by atoms with E-state index in [2.05, 4.69) is 16.0 Å². The molecule has 8 nitrogen and oxygen atoms in total. The average molecular weight is 471 g/mol. The number of amides is 1. The van der Waals surface area contributed by atoms with Crippen molar-refractivity contribution in [2.45, 2.75) is 82.3 Å². The summed E-state index contributed by atoms with van der Waals surface area (Å²) in [5, 5.41) is 11.0. The molecule has 9 heteroatoms. The fraction of sp³-hybridized carbons (Fsp3) is 0.957. The van der Waals surface area contributed by atoms with E-state index >= 15 is 0 Å². The first kappa shape index (κ1) is 24.4. The molecule has 1 amide bonds. The maximum absolute atomic E-state index is 13.1. The molecule has 184 valence electrons. The molecule has 32 heavy (non-hydrogen) atoms. The Bertz CT molecular complexity index is 732. The summed E-state index contributed by atoms with van der Waals surface area (Å²) in [5.74, 6) is 1.87. The summed E-state index contributed by atoms with van der Waals surface area (Å²) in [5.41, 5.74) is 0. The van der Waals surface area contributed by atoms with Gasteiger partial charge in [-0.05, 0) is 63.2 Å². The molecule has 4 rings (SSSR count). The van der Waals surface area contributed by atoms with Crippen molar-refractivity contribution in [1.29, 1.82) is 0 Å². The van der Waals surface area contributed by atoms with E-state index in [4.69, 9.17) is 4.74 Å². The molecule has 3 N–H and O–H groups in total. The van der Waals surface area contributed by atoms with E-state index in [0.29, 0.717) is 24.5 Å². The number of sulfone groups is 1. The topological polar surface area (TPSA) is 99.8 Å². The van der Waals surface area contributed by atoms with Crippen LogP contribution in [-0.2, 0) is 19.4 Å². The Labute approximate surface area is 193 Å². The molecular weight excluding hydrogens is 428 g/mol. The molecule has 2 saturated carbocycles. The molecule has 0 radical (unpaired) electrons. The second-order valence-corrected chi connectivity index (χ2v) is 12.7. The maximum Gasteiger partial charge on any atom is 0.225 e. The monoisotopic (exact) mass is 470 g/mol. The van der Waals surface area contributed by atoms with Gasteiger partial charge in [0.05, 0.1) is 17.6 Å². The molecule has 0 aromatic carbocycles. The quantitative estimate of drug-likeness (QED) is 0.534. The van der Waals surface area contributed by atoms with E-state index in [9.17, 15) is 13.2 Å². The molecule has 4 fully saturated rings. The first-order valence-corrected chi connectivity index (χ1v) is 14.4. The minimum Gasteiger partial charge on any atom is -0.381 e. The summed E-state index contributed by atoms with van der Waals surface area (Å²) in [4.78, 5) is 14.8. The highest BCUT2D eigenvalue weighted by molar-refractivity contribution is 7.91. The second kappa shape index (κ2) is 10.7. The van der Waals surface area contributed by atoms with Crippen molar-refractivity contribution >= 4 is 15.7 Å². The molecule has 2 aliphatic carbocycles. The first-order valence-electron chi connectivity index (χ1n) is 12.6. The molecule has 0 bridgehead atoms. The van der Waals surface area contributed by atoms with Crippen LogP contribution in [0.5, 0.6) is 0 Å². The minimum atomic E-state index is -2.98. The Morgan fingerprint density at radius 3 is 2.34 bits per heavy atom. The molecule has 2 heterocycles. The van der Waals surface area contributed by atoms with Gasteiger partial charge in [-0.3, -0.25) is 20.7 Å². The van der Waals surface area contributed by atoms with Crippen molar-refractivity contribution in [3.8, 4) is 0 Å². The summed E-state index contributed by atoms with van der Waals surface area (Å²) in [6.07, 6.45) is 9.82. The van der Waals surface area contributed by atoms with Crippen molar-refractivity contribution in [3.63, 3.8) is 0 Å². The normalized spacial score (nSPS) is 40.1. The highest BCUT2D eigenvalue weighted by atomic mass is 32.2. The zero-order chi connectivity index (χ0) is 22.7. The predicted molar refractivity (Wildman–Crippen MR) is 125 cm³/mol. The third-order valence-corrected chi connectivity index (χ3v) is 10.2. The average Bonchev–Trinajstić information content (AvgIpc) is 3.18. The van der Waals surface area contributed by atoms with Crippen LogP contribution in [-0.4, -0.2) is 82.5 Å². The Morgan fingerprint density at radius 2 is 1.72 bits per heavy atom. The standard InChI is InChI=1S/C23H42N4O4S/c1-27(20-10-11-32(29,30)15-20)22(28)17-4-3-5-19(12-17)26-23-24-13-18(14-25-23)16-6-8-21(31-2)9-7-16/h16-21,23-26H,3-15H2,1-2H3. The van der Waals surface area contributed by atoms with Gasteiger partial charge in [-0.1, -0.05) is 6.42 Å². The van der Waals surface area contributed by atoms with E-state index < -0.39 is 9.84 Å². The van der Waals surface area contributed by atoms with Crippen LogP contribution in [0.4, 0.5) is 0 Å². The van der Waals surface area contributed by atoms with Crippen molar-refractivity contribution in [1.82, 2.24) is 20.9 Å².